The highest BCUT2D eigenvalue weighted by atomic mass is 16.5. The molecule has 0 saturated carbocycles. The van der Waals surface area contributed by atoms with Gasteiger partial charge in [-0.2, -0.15) is 0 Å². The average molecular weight is 358 g/mol. The van der Waals surface area contributed by atoms with Gasteiger partial charge < -0.3 is 19.8 Å². The lowest BCUT2D eigenvalue weighted by molar-refractivity contribution is -0.115. The highest BCUT2D eigenvalue weighted by Gasteiger charge is 2.30. The van der Waals surface area contributed by atoms with Crippen LogP contribution in [0.4, 0.5) is 5.69 Å². The van der Waals surface area contributed by atoms with Crippen molar-refractivity contribution in [3.63, 3.8) is 0 Å². The molecular weight excluding hydrogens is 332 g/mol. The van der Waals surface area contributed by atoms with Gasteiger partial charge in [0.25, 0.3) is 0 Å². The monoisotopic (exact) mass is 358 g/mol. The van der Waals surface area contributed by atoms with Gasteiger partial charge in [-0.15, -0.1) is 0 Å². The smallest absolute Gasteiger partial charge is 0.238 e. The molecule has 140 valence electrons. The predicted octanol–water partition coefficient (Wildman–Crippen LogP) is 1.98. The van der Waals surface area contributed by atoms with E-state index >= 15 is 0 Å². The second-order valence-corrected chi connectivity index (χ2v) is 6.35. The van der Waals surface area contributed by atoms with E-state index in [1.165, 1.54) is 0 Å². The number of carbonyl (C=O) groups is 1. The van der Waals surface area contributed by atoms with Crippen molar-refractivity contribution in [2.45, 2.75) is 19.9 Å². The van der Waals surface area contributed by atoms with Crippen LogP contribution in [0, 0.1) is 12.8 Å². The molecule has 1 aliphatic heterocycles. The first-order valence-electron chi connectivity index (χ1n) is 8.94. The summed E-state index contributed by atoms with van der Waals surface area (Å²) in [6.07, 6.45) is 0. The topological polar surface area (TPSA) is 87.6 Å². The van der Waals surface area contributed by atoms with Crippen molar-refractivity contribution in [1.29, 1.82) is 0 Å². The zero-order valence-electron chi connectivity index (χ0n) is 15.2. The number of benzene rings is 1. The maximum absolute atomic E-state index is 12.1. The number of hydrogen-bond donors (Lipinski definition) is 4. The zero-order valence-corrected chi connectivity index (χ0v) is 15.2. The number of nitrogens with one attached hydrogen (secondary N) is 4. The lowest BCUT2D eigenvalue weighted by Crippen LogP contribution is -2.34. The first-order chi connectivity index (χ1) is 12.7. The summed E-state index contributed by atoms with van der Waals surface area (Å²) >= 11 is 0. The second kappa shape index (κ2) is 8.84. The van der Waals surface area contributed by atoms with E-state index in [4.69, 9.17) is 9.15 Å². The molecule has 1 aromatic heterocycles. The van der Waals surface area contributed by atoms with E-state index in [2.05, 4.69) is 21.5 Å². The summed E-state index contributed by atoms with van der Waals surface area (Å²) in [6, 6.07) is 11.4. The van der Waals surface area contributed by atoms with Crippen LogP contribution in [-0.2, 0) is 4.79 Å². The van der Waals surface area contributed by atoms with Crippen molar-refractivity contribution >= 4 is 11.6 Å². The fourth-order valence-electron chi connectivity index (χ4n) is 3.03. The number of furan rings is 1. The van der Waals surface area contributed by atoms with Crippen LogP contribution in [0.15, 0.2) is 40.8 Å². The van der Waals surface area contributed by atoms with Gasteiger partial charge in [-0.3, -0.25) is 10.2 Å². The third-order valence-electron chi connectivity index (χ3n) is 4.30. The largest absolute Gasteiger partial charge is 0.494 e. The molecule has 2 unspecified atom stereocenters. The van der Waals surface area contributed by atoms with Crippen LogP contribution < -0.4 is 26.2 Å². The Bertz CT molecular complexity index is 714. The molecule has 2 atom stereocenters. The number of anilines is 1. The van der Waals surface area contributed by atoms with E-state index in [-0.39, 0.29) is 18.5 Å². The third kappa shape index (κ3) is 4.85. The standard InChI is InChI=1S/C19H26N4O3/c1-3-25-16-7-5-15(6-8-16)22-18(24)12-20-10-14-11-21-23-19(14)17-9-4-13(2)26-17/h4-9,14,19-21,23H,3,10-12H2,1-2H3,(H,22,24). The molecule has 4 N–H and O–H groups in total. The Labute approximate surface area is 153 Å². The van der Waals surface area contributed by atoms with Crippen molar-refractivity contribution < 1.29 is 13.9 Å². The Morgan fingerprint density at radius 3 is 2.77 bits per heavy atom. The van der Waals surface area contributed by atoms with Gasteiger partial charge in [0, 0.05) is 24.7 Å². The number of hydrogen-bond acceptors (Lipinski definition) is 6. The number of aryl methyl sites for hydroxylation is 1. The fraction of sp³-hybridized carbons (Fsp3) is 0.421. The molecule has 26 heavy (non-hydrogen) atoms. The van der Waals surface area contributed by atoms with Crippen molar-refractivity contribution in [1.82, 2.24) is 16.2 Å². The summed E-state index contributed by atoms with van der Waals surface area (Å²) < 4.78 is 11.1. The number of ether oxygens (including phenoxy) is 1. The average Bonchev–Trinajstić information content (AvgIpc) is 3.25. The van der Waals surface area contributed by atoms with Gasteiger partial charge in [-0.25, -0.2) is 5.43 Å². The molecule has 1 amide bonds. The van der Waals surface area contributed by atoms with E-state index in [0.29, 0.717) is 19.1 Å². The molecule has 0 aliphatic carbocycles. The highest BCUT2D eigenvalue weighted by Crippen LogP contribution is 2.25. The Balaban J connectivity index is 1.43. The predicted molar refractivity (Wildman–Crippen MR) is 99.9 cm³/mol. The van der Waals surface area contributed by atoms with Gasteiger partial charge in [0.05, 0.1) is 19.2 Å². The van der Waals surface area contributed by atoms with Gasteiger partial charge >= 0.3 is 0 Å². The summed E-state index contributed by atoms with van der Waals surface area (Å²) in [5.41, 5.74) is 7.15. The molecule has 2 aromatic rings. The first kappa shape index (κ1) is 18.4. The van der Waals surface area contributed by atoms with Crippen LogP contribution in [0.25, 0.3) is 0 Å². The van der Waals surface area contributed by atoms with Gasteiger partial charge in [0.1, 0.15) is 17.3 Å². The minimum absolute atomic E-state index is 0.0709. The quantitative estimate of drug-likeness (QED) is 0.577. The molecule has 7 nitrogen and oxygen atoms in total. The van der Waals surface area contributed by atoms with Gasteiger partial charge in [0.15, 0.2) is 0 Å². The van der Waals surface area contributed by atoms with Crippen LogP contribution in [0.2, 0.25) is 0 Å². The molecule has 3 rings (SSSR count). The minimum atomic E-state index is -0.0709. The maximum atomic E-state index is 12.1. The zero-order chi connectivity index (χ0) is 18.4. The maximum Gasteiger partial charge on any atom is 0.238 e. The van der Waals surface area contributed by atoms with Crippen molar-refractivity contribution in [2.24, 2.45) is 5.92 Å². The van der Waals surface area contributed by atoms with E-state index in [1.807, 2.05) is 50.2 Å². The molecule has 2 heterocycles. The van der Waals surface area contributed by atoms with Crippen LogP contribution in [0.3, 0.4) is 0 Å². The Hall–Kier alpha value is -2.35. The van der Waals surface area contributed by atoms with E-state index in [9.17, 15) is 4.79 Å². The van der Waals surface area contributed by atoms with Gasteiger partial charge in [-0.1, -0.05) is 0 Å². The molecule has 7 heteroatoms. The van der Waals surface area contributed by atoms with E-state index in [0.717, 1.165) is 29.5 Å². The SMILES string of the molecule is CCOc1ccc(NC(=O)CNCC2CNNC2c2ccc(C)o2)cc1. The van der Waals surface area contributed by atoms with Crippen molar-refractivity contribution in [3.05, 3.63) is 47.9 Å². The van der Waals surface area contributed by atoms with Crippen LogP contribution in [0.5, 0.6) is 5.75 Å². The lowest BCUT2D eigenvalue weighted by Gasteiger charge is -2.17. The highest BCUT2D eigenvalue weighted by molar-refractivity contribution is 5.92. The van der Waals surface area contributed by atoms with Crippen molar-refractivity contribution in [2.75, 3.05) is 31.6 Å². The van der Waals surface area contributed by atoms with Crippen LogP contribution >= 0.6 is 0 Å². The van der Waals surface area contributed by atoms with Gasteiger partial charge in [0.2, 0.25) is 5.91 Å². The van der Waals surface area contributed by atoms with Crippen molar-refractivity contribution in [3.8, 4) is 5.75 Å². The fourth-order valence-corrected chi connectivity index (χ4v) is 3.03. The molecular formula is C19H26N4O3. The molecule has 1 fully saturated rings. The van der Waals surface area contributed by atoms with Crippen LogP contribution in [-0.4, -0.2) is 32.1 Å². The second-order valence-electron chi connectivity index (χ2n) is 6.35. The van der Waals surface area contributed by atoms with E-state index < -0.39 is 0 Å². The first-order valence-corrected chi connectivity index (χ1v) is 8.94. The number of amides is 1. The van der Waals surface area contributed by atoms with E-state index in [1.54, 1.807) is 0 Å². The molecule has 0 radical (unpaired) electrons. The summed E-state index contributed by atoms with van der Waals surface area (Å²) in [7, 11) is 0. The number of carbonyl (C=O) groups excluding carboxylic acids is 1. The Morgan fingerprint density at radius 2 is 2.08 bits per heavy atom. The minimum Gasteiger partial charge on any atom is -0.494 e. The summed E-state index contributed by atoms with van der Waals surface area (Å²) in [6.45, 7) is 6.28. The molecule has 1 aromatic carbocycles. The Morgan fingerprint density at radius 1 is 1.27 bits per heavy atom. The summed E-state index contributed by atoms with van der Waals surface area (Å²) in [5.74, 6) is 2.84. The lowest BCUT2D eigenvalue weighted by atomic mass is 10.00. The summed E-state index contributed by atoms with van der Waals surface area (Å²) in [5, 5.41) is 6.10. The Kier molecular flexibility index (Phi) is 6.27. The summed E-state index contributed by atoms with van der Waals surface area (Å²) in [4.78, 5) is 12.1. The van der Waals surface area contributed by atoms with Gasteiger partial charge in [-0.05, 0) is 50.2 Å². The molecule has 0 spiro atoms. The van der Waals surface area contributed by atoms with Crippen LogP contribution in [0.1, 0.15) is 24.5 Å². The molecule has 1 aliphatic rings. The number of hydrazine groups is 1. The number of rotatable bonds is 8. The molecule has 1 saturated heterocycles. The third-order valence-corrected chi connectivity index (χ3v) is 4.30. The normalized spacial score (nSPS) is 19.5. The molecule has 0 bridgehead atoms.